The summed E-state index contributed by atoms with van der Waals surface area (Å²) in [7, 11) is 0. The lowest BCUT2D eigenvalue weighted by atomic mass is 9.87. The van der Waals surface area contributed by atoms with Crippen LogP contribution in [0.1, 0.15) is 28.0 Å². The van der Waals surface area contributed by atoms with Crippen LogP contribution < -0.4 is 0 Å². The van der Waals surface area contributed by atoms with Crippen molar-refractivity contribution in [3.8, 4) is 0 Å². The predicted octanol–water partition coefficient (Wildman–Crippen LogP) is 2.04. The number of aromatic nitrogens is 3. The second kappa shape index (κ2) is 6.78. The van der Waals surface area contributed by atoms with Gasteiger partial charge >= 0.3 is 0 Å². The van der Waals surface area contributed by atoms with Gasteiger partial charge in [0.05, 0.1) is 6.20 Å². The molecule has 5 rings (SSSR count). The maximum Gasteiger partial charge on any atom is 0.274 e. The third-order valence-electron chi connectivity index (χ3n) is 5.94. The topological polar surface area (TPSA) is 53.7 Å². The van der Waals surface area contributed by atoms with Gasteiger partial charge < -0.3 is 4.90 Å². The van der Waals surface area contributed by atoms with Crippen LogP contribution in [0.2, 0.25) is 0 Å². The second-order valence-corrected chi connectivity index (χ2v) is 7.43. The number of aryl methyl sites for hydroxylation is 1. The fourth-order valence-corrected chi connectivity index (χ4v) is 4.42. The van der Waals surface area contributed by atoms with Crippen molar-refractivity contribution < 1.29 is 4.79 Å². The number of imidazole rings is 1. The zero-order valence-electron chi connectivity index (χ0n) is 15.3. The summed E-state index contributed by atoms with van der Waals surface area (Å²) in [6.45, 7) is 3.39. The van der Waals surface area contributed by atoms with Crippen LogP contribution in [0.5, 0.6) is 0 Å². The maximum atomic E-state index is 12.9. The van der Waals surface area contributed by atoms with Crippen molar-refractivity contribution in [2.45, 2.75) is 25.3 Å². The van der Waals surface area contributed by atoms with Gasteiger partial charge in [-0.15, -0.1) is 0 Å². The van der Waals surface area contributed by atoms with Crippen molar-refractivity contribution in [2.75, 3.05) is 26.2 Å². The van der Waals surface area contributed by atoms with Gasteiger partial charge in [0, 0.05) is 38.4 Å². The maximum absolute atomic E-state index is 12.9. The molecule has 6 heteroatoms. The van der Waals surface area contributed by atoms with Crippen molar-refractivity contribution >= 4 is 11.6 Å². The SMILES string of the molecule is O=C(c1cnc2cccnn12)N1CCN([C@@H]2CCc3ccccc3C2)CC1. The molecule has 2 aliphatic rings. The molecule has 138 valence electrons. The average Bonchev–Trinajstić information content (AvgIpc) is 3.17. The minimum atomic E-state index is 0.0230. The second-order valence-electron chi connectivity index (χ2n) is 7.43. The molecular weight excluding hydrogens is 338 g/mol. The molecule has 3 heterocycles. The standard InChI is InChI=1S/C21H23N5O/c27-21(19-15-22-20-6-3-9-23-26(19)20)25-12-10-24(11-13-25)18-8-7-16-4-1-2-5-17(16)14-18/h1-6,9,15,18H,7-8,10-14H2/t18-/m1/s1. The van der Waals surface area contributed by atoms with E-state index in [4.69, 9.17) is 0 Å². The molecule has 1 amide bonds. The number of carbonyl (C=O) groups is 1. The van der Waals surface area contributed by atoms with Crippen LogP contribution in [0.15, 0.2) is 48.8 Å². The fourth-order valence-electron chi connectivity index (χ4n) is 4.42. The molecule has 2 aromatic heterocycles. The van der Waals surface area contributed by atoms with Crippen molar-refractivity contribution in [1.82, 2.24) is 24.4 Å². The monoisotopic (exact) mass is 361 g/mol. The number of piperazine rings is 1. The first-order chi connectivity index (χ1) is 13.3. The van der Waals surface area contributed by atoms with Crippen LogP contribution >= 0.6 is 0 Å². The van der Waals surface area contributed by atoms with Gasteiger partial charge in [0.2, 0.25) is 0 Å². The van der Waals surface area contributed by atoms with E-state index >= 15 is 0 Å². The number of fused-ring (bicyclic) bond motifs is 2. The Kier molecular flexibility index (Phi) is 4.13. The molecule has 1 fully saturated rings. The minimum Gasteiger partial charge on any atom is -0.335 e. The van der Waals surface area contributed by atoms with Gasteiger partial charge in [0.1, 0.15) is 0 Å². The highest BCUT2D eigenvalue weighted by atomic mass is 16.2. The third-order valence-corrected chi connectivity index (χ3v) is 5.94. The Bertz CT molecular complexity index is 973. The molecule has 1 atom stereocenters. The van der Waals surface area contributed by atoms with Gasteiger partial charge in [0.15, 0.2) is 11.3 Å². The number of hydrogen-bond acceptors (Lipinski definition) is 4. The summed E-state index contributed by atoms with van der Waals surface area (Å²) in [6.07, 6.45) is 6.82. The zero-order chi connectivity index (χ0) is 18.2. The van der Waals surface area contributed by atoms with Gasteiger partial charge in [-0.05, 0) is 42.5 Å². The summed E-state index contributed by atoms with van der Waals surface area (Å²) in [5.74, 6) is 0.0230. The molecule has 1 aliphatic heterocycles. The Hall–Kier alpha value is -2.73. The molecule has 0 spiro atoms. The molecule has 1 aliphatic carbocycles. The number of benzene rings is 1. The molecule has 3 aromatic rings. The number of nitrogens with zero attached hydrogens (tertiary/aromatic N) is 5. The highest BCUT2D eigenvalue weighted by Crippen LogP contribution is 2.25. The first kappa shape index (κ1) is 16.4. The molecular formula is C21H23N5O. The fraction of sp³-hybridized carbons (Fsp3) is 0.381. The van der Waals surface area contributed by atoms with E-state index in [1.165, 1.54) is 17.5 Å². The molecule has 6 nitrogen and oxygen atoms in total. The molecule has 1 saturated heterocycles. The van der Waals surface area contributed by atoms with Crippen LogP contribution in [-0.2, 0) is 12.8 Å². The smallest absolute Gasteiger partial charge is 0.274 e. The Balaban J connectivity index is 1.25. The van der Waals surface area contributed by atoms with Crippen molar-refractivity contribution in [3.05, 3.63) is 65.6 Å². The largest absolute Gasteiger partial charge is 0.335 e. The summed E-state index contributed by atoms with van der Waals surface area (Å²) in [5, 5.41) is 4.26. The van der Waals surface area contributed by atoms with Gasteiger partial charge in [-0.3, -0.25) is 9.69 Å². The summed E-state index contributed by atoms with van der Waals surface area (Å²) >= 11 is 0. The van der Waals surface area contributed by atoms with E-state index in [1.54, 1.807) is 16.9 Å². The molecule has 0 unspecified atom stereocenters. The first-order valence-electron chi connectivity index (χ1n) is 9.68. The van der Waals surface area contributed by atoms with Crippen LogP contribution in [-0.4, -0.2) is 62.5 Å². The quantitative estimate of drug-likeness (QED) is 0.701. The van der Waals surface area contributed by atoms with Crippen molar-refractivity contribution in [3.63, 3.8) is 0 Å². The Labute approximate surface area is 158 Å². The normalized spacial score (nSPS) is 20.6. The molecule has 27 heavy (non-hydrogen) atoms. The van der Waals surface area contributed by atoms with Crippen molar-refractivity contribution in [1.29, 1.82) is 0 Å². The number of hydrogen-bond donors (Lipinski definition) is 0. The lowest BCUT2D eigenvalue weighted by Crippen LogP contribution is -2.53. The predicted molar refractivity (Wildman–Crippen MR) is 103 cm³/mol. The first-order valence-corrected chi connectivity index (χ1v) is 9.68. The molecule has 0 radical (unpaired) electrons. The Morgan fingerprint density at radius 1 is 1.00 bits per heavy atom. The Morgan fingerprint density at radius 3 is 2.67 bits per heavy atom. The average molecular weight is 361 g/mol. The van der Waals surface area contributed by atoms with E-state index in [9.17, 15) is 4.79 Å². The van der Waals surface area contributed by atoms with Gasteiger partial charge in [-0.2, -0.15) is 5.10 Å². The number of amides is 1. The van der Waals surface area contributed by atoms with Crippen molar-refractivity contribution in [2.24, 2.45) is 0 Å². The molecule has 0 saturated carbocycles. The van der Waals surface area contributed by atoms with E-state index in [0.29, 0.717) is 17.4 Å². The van der Waals surface area contributed by atoms with Crippen LogP contribution in [0.4, 0.5) is 0 Å². The highest BCUT2D eigenvalue weighted by Gasteiger charge is 2.29. The lowest BCUT2D eigenvalue weighted by Gasteiger charge is -2.41. The summed E-state index contributed by atoms with van der Waals surface area (Å²) in [4.78, 5) is 21.7. The Morgan fingerprint density at radius 2 is 1.81 bits per heavy atom. The molecule has 0 N–H and O–H groups in total. The number of carbonyl (C=O) groups excluding carboxylic acids is 1. The van der Waals surface area contributed by atoms with Crippen LogP contribution in [0.25, 0.3) is 5.65 Å². The zero-order valence-corrected chi connectivity index (χ0v) is 15.3. The van der Waals surface area contributed by atoms with Gasteiger partial charge in [-0.1, -0.05) is 24.3 Å². The van der Waals surface area contributed by atoms with E-state index in [1.807, 2.05) is 17.0 Å². The van der Waals surface area contributed by atoms with E-state index in [-0.39, 0.29) is 5.91 Å². The third kappa shape index (κ3) is 3.00. The summed E-state index contributed by atoms with van der Waals surface area (Å²) < 4.78 is 1.63. The summed E-state index contributed by atoms with van der Waals surface area (Å²) in [6, 6.07) is 13.1. The molecule has 0 bridgehead atoms. The minimum absolute atomic E-state index is 0.0230. The van der Waals surface area contributed by atoms with Gasteiger partial charge in [0.25, 0.3) is 5.91 Å². The van der Waals surface area contributed by atoms with Crippen LogP contribution in [0.3, 0.4) is 0 Å². The van der Waals surface area contributed by atoms with Crippen LogP contribution in [0, 0.1) is 0 Å². The van der Waals surface area contributed by atoms with E-state index in [0.717, 1.165) is 39.0 Å². The lowest BCUT2D eigenvalue weighted by molar-refractivity contribution is 0.0545. The molecule has 1 aromatic carbocycles. The van der Waals surface area contributed by atoms with Gasteiger partial charge in [-0.25, -0.2) is 9.50 Å². The van der Waals surface area contributed by atoms with E-state index in [2.05, 4.69) is 39.2 Å². The summed E-state index contributed by atoms with van der Waals surface area (Å²) in [5.41, 5.74) is 4.25. The number of rotatable bonds is 2. The van der Waals surface area contributed by atoms with E-state index < -0.39 is 0 Å². The highest BCUT2D eigenvalue weighted by molar-refractivity contribution is 5.93.